The molecule has 4 N–H and O–H groups in total. The monoisotopic (exact) mass is 175 g/mol. The van der Waals surface area contributed by atoms with Crippen molar-refractivity contribution in [1.29, 1.82) is 5.41 Å². The van der Waals surface area contributed by atoms with E-state index in [0.717, 1.165) is 11.4 Å². The van der Waals surface area contributed by atoms with Crippen molar-refractivity contribution < 1.29 is 0 Å². The Hall–Kier alpha value is -1.77. The zero-order chi connectivity index (χ0) is 9.68. The molecule has 3 heteroatoms. The first-order valence-corrected chi connectivity index (χ1v) is 4.03. The van der Waals surface area contributed by atoms with Gasteiger partial charge in [0.25, 0.3) is 0 Å². The molecule has 68 valence electrons. The zero-order valence-electron chi connectivity index (χ0n) is 7.54. The Bertz CT molecular complexity index is 314. The number of para-hydroxylation sites is 1. The summed E-state index contributed by atoms with van der Waals surface area (Å²) in [7, 11) is 0. The highest BCUT2D eigenvalue weighted by Gasteiger charge is 1.90. The van der Waals surface area contributed by atoms with Gasteiger partial charge in [0.05, 0.1) is 0 Å². The molecule has 0 unspecified atom stereocenters. The lowest BCUT2D eigenvalue weighted by atomic mass is 10.3. The second-order valence-corrected chi connectivity index (χ2v) is 2.77. The topological polar surface area (TPSA) is 61.9 Å². The minimum absolute atomic E-state index is 0.0564. The molecule has 0 atom stereocenters. The SMILES string of the molecule is C/C(=C/C(=N)N)Nc1ccccc1. The van der Waals surface area contributed by atoms with E-state index in [9.17, 15) is 0 Å². The van der Waals surface area contributed by atoms with E-state index in [1.54, 1.807) is 6.08 Å². The van der Waals surface area contributed by atoms with E-state index in [2.05, 4.69) is 5.32 Å². The molecule has 0 amide bonds. The van der Waals surface area contributed by atoms with Crippen molar-refractivity contribution in [3.8, 4) is 0 Å². The normalized spacial score (nSPS) is 11.0. The maximum Gasteiger partial charge on any atom is 0.117 e. The lowest BCUT2D eigenvalue weighted by Crippen LogP contribution is -2.08. The largest absolute Gasteiger partial charge is 0.384 e. The highest BCUT2D eigenvalue weighted by atomic mass is 14.9. The van der Waals surface area contributed by atoms with Gasteiger partial charge in [0, 0.05) is 11.4 Å². The van der Waals surface area contributed by atoms with Gasteiger partial charge in [-0.2, -0.15) is 0 Å². The molecule has 1 aromatic rings. The van der Waals surface area contributed by atoms with E-state index in [4.69, 9.17) is 11.1 Å². The third-order valence-corrected chi connectivity index (χ3v) is 1.49. The van der Waals surface area contributed by atoms with Gasteiger partial charge < -0.3 is 11.1 Å². The first kappa shape index (κ1) is 9.32. The average molecular weight is 175 g/mol. The van der Waals surface area contributed by atoms with Gasteiger partial charge in [-0.1, -0.05) is 18.2 Å². The van der Waals surface area contributed by atoms with Crippen molar-refractivity contribution in [2.24, 2.45) is 5.73 Å². The summed E-state index contributed by atoms with van der Waals surface area (Å²) in [6, 6.07) is 9.76. The van der Waals surface area contributed by atoms with Crippen molar-refractivity contribution >= 4 is 11.5 Å². The fourth-order valence-electron chi connectivity index (χ4n) is 1.02. The van der Waals surface area contributed by atoms with Crippen LogP contribution in [0, 0.1) is 5.41 Å². The van der Waals surface area contributed by atoms with Gasteiger partial charge in [-0.25, -0.2) is 0 Å². The molecular weight excluding hydrogens is 162 g/mol. The van der Waals surface area contributed by atoms with Crippen LogP contribution in [-0.4, -0.2) is 5.84 Å². The van der Waals surface area contributed by atoms with Gasteiger partial charge in [-0.05, 0) is 25.1 Å². The number of amidine groups is 1. The quantitative estimate of drug-likeness (QED) is 0.485. The highest BCUT2D eigenvalue weighted by molar-refractivity contribution is 5.89. The van der Waals surface area contributed by atoms with Crippen molar-refractivity contribution in [3.63, 3.8) is 0 Å². The van der Waals surface area contributed by atoms with E-state index >= 15 is 0 Å². The summed E-state index contributed by atoms with van der Waals surface area (Å²) in [5, 5.41) is 10.2. The van der Waals surface area contributed by atoms with Gasteiger partial charge in [0.15, 0.2) is 0 Å². The van der Waals surface area contributed by atoms with Crippen LogP contribution in [0.3, 0.4) is 0 Å². The number of hydrogen-bond donors (Lipinski definition) is 3. The molecule has 1 rings (SSSR count). The average Bonchev–Trinajstić information content (AvgIpc) is 2.04. The first-order valence-electron chi connectivity index (χ1n) is 4.03. The lowest BCUT2D eigenvalue weighted by molar-refractivity contribution is 1.36. The summed E-state index contributed by atoms with van der Waals surface area (Å²) < 4.78 is 0. The van der Waals surface area contributed by atoms with Crippen LogP contribution in [0.2, 0.25) is 0 Å². The van der Waals surface area contributed by atoms with Gasteiger partial charge in [-0.15, -0.1) is 0 Å². The molecule has 0 saturated heterocycles. The molecule has 13 heavy (non-hydrogen) atoms. The van der Waals surface area contributed by atoms with E-state index in [0.29, 0.717) is 0 Å². The number of nitrogens with one attached hydrogen (secondary N) is 2. The lowest BCUT2D eigenvalue weighted by Gasteiger charge is -2.05. The van der Waals surface area contributed by atoms with Crippen LogP contribution < -0.4 is 11.1 Å². The molecule has 1 aromatic carbocycles. The summed E-state index contributed by atoms with van der Waals surface area (Å²) in [5.74, 6) is 0.0564. The maximum absolute atomic E-state index is 7.05. The zero-order valence-corrected chi connectivity index (χ0v) is 7.54. The second kappa shape index (κ2) is 4.30. The third kappa shape index (κ3) is 3.42. The fraction of sp³-hybridized carbons (Fsp3) is 0.100. The van der Waals surface area contributed by atoms with Crippen LogP contribution in [-0.2, 0) is 0 Å². The van der Waals surface area contributed by atoms with Gasteiger partial charge in [-0.3, -0.25) is 5.41 Å². The van der Waals surface area contributed by atoms with Gasteiger partial charge >= 0.3 is 0 Å². The smallest absolute Gasteiger partial charge is 0.117 e. The van der Waals surface area contributed by atoms with Gasteiger partial charge in [0.2, 0.25) is 0 Å². The van der Waals surface area contributed by atoms with Crippen molar-refractivity contribution in [2.45, 2.75) is 6.92 Å². The van der Waals surface area contributed by atoms with Crippen LogP contribution in [0.5, 0.6) is 0 Å². The third-order valence-electron chi connectivity index (χ3n) is 1.49. The molecule has 0 bridgehead atoms. The standard InChI is InChI=1S/C10H13N3/c1-8(7-10(11)12)13-9-5-3-2-4-6-9/h2-7,13H,1H3,(H3,11,12)/b8-7-. The van der Waals surface area contributed by atoms with Crippen molar-refractivity contribution in [3.05, 3.63) is 42.1 Å². The minimum Gasteiger partial charge on any atom is -0.384 e. The number of benzene rings is 1. The summed E-state index contributed by atoms with van der Waals surface area (Å²) in [6.07, 6.45) is 1.58. The van der Waals surface area contributed by atoms with Crippen LogP contribution in [0.1, 0.15) is 6.92 Å². The molecule has 3 nitrogen and oxygen atoms in total. The van der Waals surface area contributed by atoms with E-state index < -0.39 is 0 Å². The number of nitrogens with two attached hydrogens (primary N) is 1. The molecule has 0 spiro atoms. The predicted molar refractivity (Wildman–Crippen MR) is 55.7 cm³/mol. The summed E-state index contributed by atoms with van der Waals surface area (Å²) in [5.41, 5.74) is 7.07. The second-order valence-electron chi connectivity index (χ2n) is 2.77. The maximum atomic E-state index is 7.05. The Morgan fingerprint density at radius 3 is 2.54 bits per heavy atom. The first-order chi connectivity index (χ1) is 6.18. The molecule has 0 fully saturated rings. The summed E-state index contributed by atoms with van der Waals surface area (Å²) >= 11 is 0. The van der Waals surface area contributed by atoms with E-state index in [-0.39, 0.29) is 5.84 Å². The number of allylic oxidation sites excluding steroid dienone is 1. The Balaban J connectivity index is 2.65. The summed E-state index contributed by atoms with van der Waals surface area (Å²) in [6.45, 7) is 1.87. The van der Waals surface area contributed by atoms with E-state index in [1.165, 1.54) is 0 Å². The van der Waals surface area contributed by atoms with Crippen LogP contribution in [0.4, 0.5) is 5.69 Å². The Morgan fingerprint density at radius 2 is 2.00 bits per heavy atom. The molecule has 0 aliphatic carbocycles. The highest BCUT2D eigenvalue weighted by Crippen LogP contribution is 2.07. The number of rotatable bonds is 3. The number of hydrogen-bond acceptors (Lipinski definition) is 2. The van der Waals surface area contributed by atoms with Crippen LogP contribution in [0.25, 0.3) is 0 Å². The van der Waals surface area contributed by atoms with Crippen LogP contribution >= 0.6 is 0 Å². The summed E-state index contributed by atoms with van der Waals surface area (Å²) in [4.78, 5) is 0. The fourth-order valence-corrected chi connectivity index (χ4v) is 1.02. The predicted octanol–water partition coefficient (Wildman–Crippen LogP) is 1.94. The molecule has 0 aliphatic heterocycles. The minimum atomic E-state index is 0.0564. The van der Waals surface area contributed by atoms with E-state index in [1.807, 2.05) is 37.3 Å². The van der Waals surface area contributed by atoms with Crippen LogP contribution in [0.15, 0.2) is 42.1 Å². The molecule has 0 saturated carbocycles. The Kier molecular flexibility index (Phi) is 3.09. The molecular formula is C10H13N3. The Morgan fingerprint density at radius 1 is 1.38 bits per heavy atom. The van der Waals surface area contributed by atoms with Gasteiger partial charge in [0.1, 0.15) is 5.84 Å². The molecule has 0 heterocycles. The Labute approximate surface area is 77.8 Å². The molecule has 0 aromatic heterocycles. The number of anilines is 1. The van der Waals surface area contributed by atoms with Crippen molar-refractivity contribution in [2.75, 3.05) is 5.32 Å². The molecule has 0 aliphatic rings. The molecule has 0 radical (unpaired) electrons. The van der Waals surface area contributed by atoms with Crippen molar-refractivity contribution in [1.82, 2.24) is 0 Å².